The minimum Gasteiger partial charge on any atom is -0.342 e. The molecule has 21 heavy (non-hydrogen) atoms. The number of hydrogen-bond donors (Lipinski definition) is 1. The van der Waals surface area contributed by atoms with Crippen molar-refractivity contribution >= 4 is 17.2 Å². The van der Waals surface area contributed by atoms with Gasteiger partial charge in [-0.25, -0.2) is 0 Å². The van der Waals surface area contributed by atoms with E-state index < -0.39 is 0 Å². The van der Waals surface area contributed by atoms with Crippen molar-refractivity contribution in [3.8, 4) is 0 Å². The summed E-state index contributed by atoms with van der Waals surface area (Å²) < 4.78 is 0. The van der Waals surface area contributed by atoms with Gasteiger partial charge in [0.2, 0.25) is 5.91 Å². The van der Waals surface area contributed by atoms with E-state index in [1.807, 2.05) is 17.9 Å². The Bertz CT molecular complexity index is 590. The topological polar surface area (TPSA) is 49.0 Å². The number of aromatic amines is 1. The lowest BCUT2D eigenvalue weighted by atomic mass is 9.94. The Morgan fingerprint density at radius 2 is 2.48 bits per heavy atom. The van der Waals surface area contributed by atoms with Crippen molar-refractivity contribution in [3.05, 3.63) is 39.8 Å². The number of carbonyl (C=O) groups excluding carboxylic acids is 1. The molecule has 4 nitrogen and oxygen atoms in total. The lowest BCUT2D eigenvalue weighted by Crippen LogP contribution is -2.39. The number of thiophene rings is 1. The van der Waals surface area contributed by atoms with Gasteiger partial charge in [-0.2, -0.15) is 5.10 Å². The molecule has 2 aromatic rings. The molecule has 1 aliphatic rings. The maximum atomic E-state index is 12.4. The number of rotatable bonds is 4. The summed E-state index contributed by atoms with van der Waals surface area (Å²) in [5, 5.41) is 9.43. The van der Waals surface area contributed by atoms with Crippen LogP contribution in [0.5, 0.6) is 0 Å². The maximum absolute atomic E-state index is 12.4. The Hall–Kier alpha value is -1.62. The zero-order valence-electron chi connectivity index (χ0n) is 12.3. The number of aryl methyl sites for hydroxylation is 2. The number of amides is 1. The van der Waals surface area contributed by atoms with Gasteiger partial charge in [-0.1, -0.05) is 6.07 Å². The van der Waals surface area contributed by atoms with Crippen LogP contribution in [-0.2, 0) is 11.2 Å². The maximum Gasteiger partial charge on any atom is 0.222 e. The van der Waals surface area contributed by atoms with E-state index in [0.29, 0.717) is 12.3 Å². The fourth-order valence-corrected chi connectivity index (χ4v) is 3.65. The van der Waals surface area contributed by atoms with Crippen LogP contribution in [0.15, 0.2) is 23.6 Å². The zero-order valence-corrected chi connectivity index (χ0v) is 13.2. The van der Waals surface area contributed by atoms with Gasteiger partial charge in [0.05, 0.1) is 5.69 Å². The first-order valence-corrected chi connectivity index (χ1v) is 8.42. The van der Waals surface area contributed by atoms with Crippen LogP contribution in [-0.4, -0.2) is 34.1 Å². The van der Waals surface area contributed by atoms with Crippen molar-refractivity contribution in [3.63, 3.8) is 0 Å². The smallest absolute Gasteiger partial charge is 0.222 e. The van der Waals surface area contributed by atoms with Crippen LogP contribution >= 0.6 is 11.3 Å². The molecule has 3 heterocycles. The second kappa shape index (κ2) is 6.43. The summed E-state index contributed by atoms with van der Waals surface area (Å²) in [5.74, 6) is 0.662. The van der Waals surface area contributed by atoms with Crippen molar-refractivity contribution < 1.29 is 4.79 Å². The van der Waals surface area contributed by atoms with Gasteiger partial charge in [0, 0.05) is 36.0 Å². The van der Waals surface area contributed by atoms with Crippen molar-refractivity contribution in [2.24, 2.45) is 0 Å². The zero-order chi connectivity index (χ0) is 14.7. The molecular formula is C16H21N3OS. The Morgan fingerprint density at radius 3 is 3.19 bits per heavy atom. The van der Waals surface area contributed by atoms with E-state index in [2.05, 4.69) is 27.7 Å². The summed E-state index contributed by atoms with van der Waals surface area (Å²) in [6.45, 7) is 3.72. The largest absolute Gasteiger partial charge is 0.342 e. The van der Waals surface area contributed by atoms with E-state index in [1.165, 1.54) is 4.88 Å². The summed E-state index contributed by atoms with van der Waals surface area (Å²) in [6.07, 6.45) is 3.67. The van der Waals surface area contributed by atoms with E-state index in [0.717, 1.165) is 43.7 Å². The third-order valence-electron chi connectivity index (χ3n) is 4.08. The fraction of sp³-hybridized carbons (Fsp3) is 0.500. The van der Waals surface area contributed by atoms with Crippen molar-refractivity contribution in [2.75, 3.05) is 13.1 Å². The molecule has 1 saturated heterocycles. The van der Waals surface area contributed by atoms with Crippen LogP contribution < -0.4 is 0 Å². The predicted molar refractivity (Wildman–Crippen MR) is 84.5 cm³/mol. The third-order valence-corrected chi connectivity index (χ3v) is 5.02. The van der Waals surface area contributed by atoms with Crippen molar-refractivity contribution in [2.45, 2.75) is 38.5 Å². The monoisotopic (exact) mass is 303 g/mol. The average Bonchev–Trinajstić information content (AvgIpc) is 3.16. The predicted octanol–water partition coefficient (Wildman–Crippen LogP) is 3.12. The van der Waals surface area contributed by atoms with Crippen molar-refractivity contribution in [1.82, 2.24) is 15.1 Å². The number of nitrogens with zero attached hydrogens (tertiary/aromatic N) is 2. The van der Waals surface area contributed by atoms with Crippen LogP contribution in [0.25, 0.3) is 0 Å². The first-order valence-electron chi connectivity index (χ1n) is 7.54. The van der Waals surface area contributed by atoms with E-state index in [-0.39, 0.29) is 5.91 Å². The summed E-state index contributed by atoms with van der Waals surface area (Å²) in [4.78, 5) is 15.7. The Morgan fingerprint density at radius 1 is 1.57 bits per heavy atom. The molecule has 1 N–H and O–H groups in total. The van der Waals surface area contributed by atoms with E-state index in [4.69, 9.17) is 0 Å². The quantitative estimate of drug-likeness (QED) is 0.943. The van der Waals surface area contributed by atoms with Gasteiger partial charge in [0.15, 0.2) is 0 Å². The van der Waals surface area contributed by atoms with Gasteiger partial charge < -0.3 is 4.90 Å². The summed E-state index contributed by atoms with van der Waals surface area (Å²) in [7, 11) is 0. The number of carbonyl (C=O) groups is 1. The SMILES string of the molecule is Cc1cc(C2CCCN(C(=O)CCc3cccs3)C2)n[nH]1. The third kappa shape index (κ3) is 3.53. The second-order valence-corrected chi connectivity index (χ2v) is 6.77. The van der Waals surface area contributed by atoms with Crippen LogP contribution in [0.1, 0.15) is 41.4 Å². The van der Waals surface area contributed by atoms with Crippen LogP contribution in [0.3, 0.4) is 0 Å². The number of piperidine rings is 1. The minimum atomic E-state index is 0.278. The lowest BCUT2D eigenvalue weighted by Gasteiger charge is -2.32. The average molecular weight is 303 g/mol. The van der Waals surface area contributed by atoms with Crippen LogP contribution in [0, 0.1) is 6.92 Å². The van der Waals surface area contributed by atoms with Gasteiger partial charge in [-0.15, -0.1) is 11.3 Å². The molecule has 112 valence electrons. The van der Waals surface area contributed by atoms with Crippen LogP contribution in [0.2, 0.25) is 0 Å². The molecule has 0 spiro atoms. The van der Waals surface area contributed by atoms with Gasteiger partial charge in [-0.05, 0) is 43.7 Å². The first-order chi connectivity index (χ1) is 10.2. The molecule has 0 bridgehead atoms. The Labute approximate surface area is 129 Å². The van der Waals surface area contributed by atoms with Crippen LogP contribution in [0.4, 0.5) is 0 Å². The van der Waals surface area contributed by atoms with Gasteiger partial charge in [-0.3, -0.25) is 9.89 Å². The molecular weight excluding hydrogens is 282 g/mol. The van der Waals surface area contributed by atoms with Gasteiger partial charge in [0.25, 0.3) is 0 Å². The lowest BCUT2D eigenvalue weighted by molar-refractivity contribution is -0.132. The molecule has 0 aliphatic carbocycles. The number of aromatic nitrogens is 2. The molecule has 1 atom stereocenters. The molecule has 0 aromatic carbocycles. The highest BCUT2D eigenvalue weighted by atomic mass is 32.1. The number of likely N-dealkylation sites (tertiary alicyclic amines) is 1. The van der Waals surface area contributed by atoms with E-state index in [9.17, 15) is 4.79 Å². The second-order valence-electron chi connectivity index (χ2n) is 5.73. The molecule has 1 fully saturated rings. The summed E-state index contributed by atoms with van der Waals surface area (Å²) in [5.41, 5.74) is 2.19. The highest BCUT2D eigenvalue weighted by Gasteiger charge is 2.25. The fourth-order valence-electron chi connectivity index (χ4n) is 2.94. The summed E-state index contributed by atoms with van der Waals surface area (Å²) in [6, 6.07) is 6.25. The number of hydrogen-bond acceptors (Lipinski definition) is 3. The molecule has 5 heteroatoms. The minimum absolute atomic E-state index is 0.278. The molecule has 3 rings (SSSR count). The molecule has 1 amide bonds. The Balaban J connectivity index is 1.56. The van der Waals surface area contributed by atoms with E-state index in [1.54, 1.807) is 11.3 Å². The summed E-state index contributed by atoms with van der Waals surface area (Å²) >= 11 is 1.73. The Kier molecular flexibility index (Phi) is 4.39. The number of nitrogens with one attached hydrogen (secondary N) is 1. The number of H-pyrrole nitrogens is 1. The molecule has 2 aromatic heterocycles. The highest BCUT2D eigenvalue weighted by molar-refractivity contribution is 7.09. The highest BCUT2D eigenvalue weighted by Crippen LogP contribution is 2.26. The standard InChI is InChI=1S/C16H21N3OS/c1-12-10-15(18-17-12)13-4-2-8-19(11-13)16(20)7-6-14-5-3-9-21-14/h3,5,9-10,13H,2,4,6-8,11H2,1H3,(H,17,18). The normalized spacial score (nSPS) is 18.9. The van der Waals surface area contributed by atoms with Gasteiger partial charge in [0.1, 0.15) is 0 Å². The molecule has 1 unspecified atom stereocenters. The molecule has 1 aliphatic heterocycles. The van der Waals surface area contributed by atoms with Crippen molar-refractivity contribution in [1.29, 1.82) is 0 Å². The first kappa shape index (κ1) is 14.3. The molecule has 0 radical (unpaired) electrons. The molecule has 0 saturated carbocycles. The van der Waals surface area contributed by atoms with E-state index >= 15 is 0 Å². The van der Waals surface area contributed by atoms with Gasteiger partial charge >= 0.3 is 0 Å².